The molecule has 1 aliphatic rings. The molecule has 0 radical (unpaired) electrons. The van der Waals surface area contributed by atoms with E-state index in [1.165, 1.54) is 24.0 Å². The largest absolute Gasteiger partial charge is 0.508 e. The van der Waals surface area contributed by atoms with Crippen molar-refractivity contribution in [2.24, 2.45) is 0 Å². The van der Waals surface area contributed by atoms with E-state index in [9.17, 15) is 5.11 Å². The van der Waals surface area contributed by atoms with Gasteiger partial charge in [0.1, 0.15) is 5.75 Å². The lowest BCUT2D eigenvalue weighted by Gasteiger charge is -2.03. The Morgan fingerprint density at radius 3 is 2.42 bits per heavy atom. The summed E-state index contributed by atoms with van der Waals surface area (Å²) in [6, 6.07) is 13.5. The molecular weight excluding hydrogens is 232 g/mol. The fraction of sp³-hybridized carbons (Fsp3) is 0.222. The minimum Gasteiger partial charge on any atom is -0.508 e. The average Bonchev–Trinajstić information content (AvgIpc) is 3.23. The van der Waals surface area contributed by atoms with E-state index in [1.807, 2.05) is 12.1 Å². The third-order valence-electron chi connectivity index (χ3n) is 3.43. The molecule has 0 atom stereocenters. The number of rotatable bonds is 1. The van der Waals surface area contributed by atoms with Crippen molar-refractivity contribution >= 4 is 0 Å². The molecule has 0 bridgehead atoms. The number of benzene rings is 2. The maximum absolute atomic E-state index is 9.25. The van der Waals surface area contributed by atoms with Gasteiger partial charge in [0.25, 0.3) is 0 Å². The quantitative estimate of drug-likeness (QED) is 0.757. The molecule has 0 aliphatic heterocycles. The fourth-order valence-corrected chi connectivity index (χ4v) is 2.21. The molecule has 2 aromatic rings. The molecule has 1 aliphatic carbocycles. The molecule has 1 heteroatoms. The van der Waals surface area contributed by atoms with Gasteiger partial charge in [-0.3, -0.25) is 0 Å². The lowest BCUT2D eigenvalue weighted by atomic mass is 10.0. The van der Waals surface area contributed by atoms with Crippen LogP contribution in [0.1, 0.15) is 41.0 Å². The minimum atomic E-state index is 0.277. The van der Waals surface area contributed by atoms with Gasteiger partial charge in [0.05, 0.1) is 0 Å². The Kier molecular flexibility index (Phi) is 3.01. The van der Waals surface area contributed by atoms with Gasteiger partial charge in [-0.15, -0.1) is 0 Å². The molecule has 1 N–H and O–H groups in total. The van der Waals surface area contributed by atoms with Crippen LogP contribution in [0.5, 0.6) is 5.75 Å². The lowest BCUT2D eigenvalue weighted by molar-refractivity contribution is 0.475. The number of phenolic OH excluding ortho intramolecular Hbond substituents is 1. The standard InChI is InChI=1S/C18H16O/c1-13-2-6-15(18(12-13)16-8-9-16)7-3-14-4-10-17(19)11-5-14/h2,4-6,10-12,16,19H,8-9H2,1H3. The van der Waals surface area contributed by atoms with E-state index in [0.717, 1.165) is 11.1 Å². The van der Waals surface area contributed by atoms with E-state index in [4.69, 9.17) is 0 Å². The number of phenols is 1. The summed E-state index contributed by atoms with van der Waals surface area (Å²) < 4.78 is 0. The molecule has 1 fully saturated rings. The predicted octanol–water partition coefficient (Wildman–Crippen LogP) is 3.98. The zero-order valence-electron chi connectivity index (χ0n) is 11.0. The van der Waals surface area contributed by atoms with Crippen molar-refractivity contribution in [3.63, 3.8) is 0 Å². The van der Waals surface area contributed by atoms with Crippen molar-refractivity contribution in [1.29, 1.82) is 0 Å². The van der Waals surface area contributed by atoms with E-state index < -0.39 is 0 Å². The highest BCUT2D eigenvalue weighted by Crippen LogP contribution is 2.41. The van der Waals surface area contributed by atoms with Crippen LogP contribution in [0.3, 0.4) is 0 Å². The summed E-state index contributed by atoms with van der Waals surface area (Å²) in [5, 5.41) is 9.25. The third kappa shape index (κ3) is 2.80. The van der Waals surface area contributed by atoms with Crippen molar-refractivity contribution in [3.05, 3.63) is 64.7 Å². The van der Waals surface area contributed by atoms with Crippen LogP contribution >= 0.6 is 0 Å². The van der Waals surface area contributed by atoms with Gasteiger partial charge >= 0.3 is 0 Å². The van der Waals surface area contributed by atoms with Gasteiger partial charge in [0.15, 0.2) is 0 Å². The van der Waals surface area contributed by atoms with Crippen molar-refractivity contribution < 1.29 is 5.11 Å². The van der Waals surface area contributed by atoms with Gasteiger partial charge < -0.3 is 5.11 Å². The smallest absolute Gasteiger partial charge is 0.115 e. The monoisotopic (exact) mass is 248 g/mol. The molecule has 0 heterocycles. The van der Waals surface area contributed by atoms with Crippen molar-refractivity contribution in [3.8, 4) is 17.6 Å². The van der Waals surface area contributed by atoms with Crippen LogP contribution < -0.4 is 0 Å². The molecule has 1 saturated carbocycles. The Morgan fingerprint density at radius 2 is 1.74 bits per heavy atom. The second-order valence-electron chi connectivity index (χ2n) is 5.16. The third-order valence-corrected chi connectivity index (χ3v) is 3.43. The van der Waals surface area contributed by atoms with Gasteiger partial charge in [0, 0.05) is 11.1 Å². The number of aromatic hydroxyl groups is 1. The van der Waals surface area contributed by atoms with E-state index in [-0.39, 0.29) is 5.75 Å². The zero-order chi connectivity index (χ0) is 13.2. The Morgan fingerprint density at radius 1 is 1.00 bits per heavy atom. The van der Waals surface area contributed by atoms with Crippen LogP contribution in [0.15, 0.2) is 42.5 Å². The molecule has 3 rings (SSSR count). The van der Waals surface area contributed by atoms with Crippen LogP contribution in [0.25, 0.3) is 0 Å². The van der Waals surface area contributed by atoms with Gasteiger partial charge in [-0.2, -0.15) is 0 Å². The molecule has 19 heavy (non-hydrogen) atoms. The zero-order valence-corrected chi connectivity index (χ0v) is 11.0. The highest BCUT2D eigenvalue weighted by molar-refractivity contribution is 5.50. The maximum atomic E-state index is 9.25. The second kappa shape index (κ2) is 4.82. The lowest BCUT2D eigenvalue weighted by Crippen LogP contribution is -1.88. The summed E-state index contributed by atoms with van der Waals surface area (Å²) in [6.45, 7) is 2.13. The highest BCUT2D eigenvalue weighted by atomic mass is 16.3. The Bertz CT molecular complexity index is 652. The van der Waals surface area contributed by atoms with Crippen LogP contribution in [-0.2, 0) is 0 Å². The van der Waals surface area contributed by atoms with Crippen LogP contribution in [0.2, 0.25) is 0 Å². The van der Waals surface area contributed by atoms with Gasteiger partial charge in [0.2, 0.25) is 0 Å². The topological polar surface area (TPSA) is 20.2 Å². The van der Waals surface area contributed by atoms with E-state index >= 15 is 0 Å². The van der Waals surface area contributed by atoms with Gasteiger partial charge in [-0.1, -0.05) is 29.5 Å². The summed E-state index contributed by atoms with van der Waals surface area (Å²) in [6.07, 6.45) is 2.58. The van der Waals surface area contributed by atoms with Gasteiger partial charge in [-0.25, -0.2) is 0 Å². The van der Waals surface area contributed by atoms with E-state index in [2.05, 4.69) is 37.0 Å². The maximum Gasteiger partial charge on any atom is 0.115 e. The summed E-state index contributed by atoms with van der Waals surface area (Å²) in [4.78, 5) is 0. The first-order valence-electron chi connectivity index (χ1n) is 6.64. The van der Waals surface area contributed by atoms with E-state index in [1.54, 1.807) is 12.1 Å². The summed E-state index contributed by atoms with van der Waals surface area (Å²) in [5.41, 5.74) is 4.77. The van der Waals surface area contributed by atoms with Gasteiger partial charge in [-0.05, 0) is 61.6 Å². The Labute approximate surface area is 113 Å². The van der Waals surface area contributed by atoms with E-state index in [0.29, 0.717) is 5.92 Å². The minimum absolute atomic E-state index is 0.277. The highest BCUT2D eigenvalue weighted by Gasteiger charge is 2.25. The van der Waals surface area contributed by atoms with Crippen molar-refractivity contribution in [1.82, 2.24) is 0 Å². The molecule has 0 aromatic heterocycles. The molecule has 1 nitrogen and oxygen atoms in total. The molecule has 0 saturated heterocycles. The van der Waals surface area contributed by atoms with Crippen LogP contribution in [0.4, 0.5) is 0 Å². The van der Waals surface area contributed by atoms with Crippen molar-refractivity contribution in [2.75, 3.05) is 0 Å². The first-order valence-corrected chi connectivity index (χ1v) is 6.64. The molecule has 0 spiro atoms. The molecular formula is C18H16O. The van der Waals surface area contributed by atoms with Crippen LogP contribution in [0, 0.1) is 18.8 Å². The molecule has 2 aromatic carbocycles. The Hall–Kier alpha value is -2.20. The normalized spacial score (nSPS) is 13.7. The number of hydrogen-bond acceptors (Lipinski definition) is 1. The van der Waals surface area contributed by atoms with Crippen molar-refractivity contribution in [2.45, 2.75) is 25.7 Å². The summed E-state index contributed by atoms with van der Waals surface area (Å²) >= 11 is 0. The fourth-order valence-electron chi connectivity index (χ4n) is 2.21. The number of hydrogen-bond donors (Lipinski definition) is 1. The molecule has 94 valence electrons. The first kappa shape index (κ1) is 11.9. The SMILES string of the molecule is Cc1ccc(C#Cc2ccc(O)cc2)c(C2CC2)c1. The van der Waals surface area contributed by atoms with Crippen LogP contribution in [-0.4, -0.2) is 5.11 Å². The first-order chi connectivity index (χ1) is 9.22. The predicted molar refractivity (Wildman–Crippen MR) is 77.2 cm³/mol. The number of aryl methyl sites for hydroxylation is 1. The molecule has 0 unspecified atom stereocenters. The summed E-state index contributed by atoms with van der Waals surface area (Å²) in [7, 11) is 0. The average molecular weight is 248 g/mol. The molecule has 0 amide bonds. The summed E-state index contributed by atoms with van der Waals surface area (Å²) in [5.74, 6) is 7.42. The second-order valence-corrected chi connectivity index (χ2v) is 5.16. The Balaban J connectivity index is 1.93.